The molecule has 2 heteroatoms. The highest BCUT2D eigenvalue weighted by Gasteiger charge is 2.27. The van der Waals surface area contributed by atoms with Gasteiger partial charge in [-0.3, -0.25) is 4.79 Å². The normalized spacial score (nSPS) is 17.7. The molecular formula is C17H17NO. The third-order valence-electron chi connectivity index (χ3n) is 3.89. The van der Waals surface area contributed by atoms with Gasteiger partial charge in [0.15, 0.2) is 0 Å². The number of fused-ring (bicyclic) bond motifs is 1. The van der Waals surface area contributed by atoms with Crippen molar-refractivity contribution in [3.05, 3.63) is 70.8 Å². The maximum absolute atomic E-state index is 12.2. The molecule has 1 aliphatic rings. The van der Waals surface area contributed by atoms with Crippen LogP contribution in [0.1, 0.15) is 28.2 Å². The largest absolute Gasteiger partial charge is 0.351 e. The molecule has 2 nitrogen and oxygen atoms in total. The summed E-state index contributed by atoms with van der Waals surface area (Å²) in [6, 6.07) is 16.5. The van der Waals surface area contributed by atoms with Gasteiger partial charge in [-0.1, -0.05) is 48.5 Å². The third kappa shape index (κ3) is 2.26. The lowest BCUT2D eigenvalue weighted by Gasteiger charge is -2.26. The highest BCUT2D eigenvalue weighted by Crippen LogP contribution is 2.28. The minimum absolute atomic E-state index is 0.0638. The monoisotopic (exact) mass is 251 g/mol. The van der Waals surface area contributed by atoms with Gasteiger partial charge < -0.3 is 5.32 Å². The molecule has 0 spiro atoms. The second-order valence-electron chi connectivity index (χ2n) is 5.10. The van der Waals surface area contributed by atoms with Gasteiger partial charge in [-0.2, -0.15) is 0 Å². The maximum atomic E-state index is 12.2. The van der Waals surface area contributed by atoms with E-state index in [0.717, 1.165) is 6.42 Å². The number of hydrogen-bond acceptors (Lipinski definition) is 1. The molecule has 1 N–H and O–H groups in total. The van der Waals surface area contributed by atoms with Crippen molar-refractivity contribution in [3.63, 3.8) is 0 Å². The van der Waals surface area contributed by atoms with Crippen molar-refractivity contribution in [3.8, 4) is 0 Å². The molecule has 2 aromatic carbocycles. The molecule has 0 saturated carbocycles. The van der Waals surface area contributed by atoms with Crippen LogP contribution in [0.4, 0.5) is 0 Å². The number of carbonyl (C=O) groups is 1. The summed E-state index contributed by atoms with van der Waals surface area (Å²) >= 11 is 0. The Morgan fingerprint density at radius 1 is 1.11 bits per heavy atom. The maximum Gasteiger partial charge on any atom is 0.228 e. The molecule has 1 amide bonds. The first-order valence-electron chi connectivity index (χ1n) is 6.66. The summed E-state index contributed by atoms with van der Waals surface area (Å²) in [4.78, 5) is 12.2. The Hall–Kier alpha value is -2.09. The molecule has 1 unspecified atom stereocenters. The van der Waals surface area contributed by atoms with Gasteiger partial charge in [0.1, 0.15) is 0 Å². The van der Waals surface area contributed by atoms with Crippen molar-refractivity contribution in [2.45, 2.75) is 25.8 Å². The summed E-state index contributed by atoms with van der Waals surface area (Å²) in [5.74, 6) is 0.0769. The average Bonchev–Trinajstić information content (AvgIpc) is 2.44. The van der Waals surface area contributed by atoms with Gasteiger partial charge in [-0.05, 0) is 35.6 Å². The number of amides is 1. The van der Waals surface area contributed by atoms with E-state index >= 15 is 0 Å². The van der Waals surface area contributed by atoms with Crippen LogP contribution < -0.4 is 5.32 Å². The fourth-order valence-corrected chi connectivity index (χ4v) is 2.74. The topological polar surface area (TPSA) is 29.1 Å². The standard InChI is InChI=1S/C17H17NO/c1-12-6-2-3-7-13(12)10-16-15-9-5-4-8-14(15)11-18-17(16)19/h2-9,16H,10-11H2,1H3,(H,18,19). The van der Waals surface area contributed by atoms with Crippen molar-refractivity contribution in [2.24, 2.45) is 0 Å². The van der Waals surface area contributed by atoms with E-state index in [1.807, 2.05) is 24.3 Å². The van der Waals surface area contributed by atoms with Crippen LogP contribution in [0.3, 0.4) is 0 Å². The quantitative estimate of drug-likeness (QED) is 0.873. The fourth-order valence-electron chi connectivity index (χ4n) is 2.74. The van der Waals surface area contributed by atoms with Crippen molar-refractivity contribution >= 4 is 5.91 Å². The first-order chi connectivity index (χ1) is 9.25. The molecule has 0 aliphatic carbocycles. The zero-order valence-electron chi connectivity index (χ0n) is 11.0. The summed E-state index contributed by atoms with van der Waals surface area (Å²) in [5.41, 5.74) is 4.91. The minimum atomic E-state index is -0.0638. The highest BCUT2D eigenvalue weighted by molar-refractivity contribution is 5.86. The smallest absolute Gasteiger partial charge is 0.228 e. The Labute approximate surface area is 113 Å². The first-order valence-corrected chi connectivity index (χ1v) is 6.66. The summed E-state index contributed by atoms with van der Waals surface area (Å²) in [7, 11) is 0. The summed E-state index contributed by atoms with van der Waals surface area (Å²) in [5, 5.41) is 2.99. The van der Waals surface area contributed by atoms with Crippen LogP contribution in [-0.4, -0.2) is 5.91 Å². The SMILES string of the molecule is Cc1ccccc1CC1C(=O)NCc2ccccc21. The predicted molar refractivity (Wildman–Crippen MR) is 75.9 cm³/mol. The van der Waals surface area contributed by atoms with Crippen LogP contribution in [0.2, 0.25) is 0 Å². The fraction of sp³-hybridized carbons (Fsp3) is 0.235. The number of aryl methyl sites for hydroxylation is 1. The Kier molecular flexibility index (Phi) is 3.08. The van der Waals surface area contributed by atoms with E-state index in [2.05, 4.69) is 36.5 Å². The van der Waals surface area contributed by atoms with Crippen molar-refractivity contribution < 1.29 is 4.79 Å². The molecule has 0 bridgehead atoms. The minimum Gasteiger partial charge on any atom is -0.351 e. The van der Waals surface area contributed by atoms with E-state index in [1.165, 1.54) is 22.3 Å². The zero-order chi connectivity index (χ0) is 13.2. The first kappa shape index (κ1) is 12.0. The summed E-state index contributed by atoms with van der Waals surface area (Å²) in [6.07, 6.45) is 0.773. The Morgan fingerprint density at radius 2 is 1.84 bits per heavy atom. The molecule has 2 aromatic rings. The molecule has 19 heavy (non-hydrogen) atoms. The predicted octanol–water partition coefficient (Wildman–Crippen LogP) is 2.95. The van der Waals surface area contributed by atoms with Crippen molar-refractivity contribution in [2.75, 3.05) is 0 Å². The van der Waals surface area contributed by atoms with Crippen LogP contribution in [0.5, 0.6) is 0 Å². The van der Waals surface area contributed by atoms with Gasteiger partial charge >= 0.3 is 0 Å². The lowest BCUT2D eigenvalue weighted by Crippen LogP contribution is -2.35. The number of rotatable bonds is 2. The van der Waals surface area contributed by atoms with Crippen LogP contribution >= 0.6 is 0 Å². The molecule has 0 radical (unpaired) electrons. The van der Waals surface area contributed by atoms with Crippen LogP contribution in [0.25, 0.3) is 0 Å². The van der Waals surface area contributed by atoms with Crippen molar-refractivity contribution in [1.82, 2.24) is 5.32 Å². The van der Waals surface area contributed by atoms with Crippen LogP contribution in [-0.2, 0) is 17.8 Å². The number of carbonyl (C=O) groups excluding carboxylic acids is 1. The molecule has 0 aromatic heterocycles. The lowest BCUT2D eigenvalue weighted by molar-refractivity contribution is -0.123. The van der Waals surface area contributed by atoms with E-state index < -0.39 is 0 Å². The number of hydrogen-bond donors (Lipinski definition) is 1. The Balaban J connectivity index is 1.96. The van der Waals surface area contributed by atoms with Gasteiger partial charge in [0, 0.05) is 6.54 Å². The molecular weight excluding hydrogens is 234 g/mol. The second-order valence-corrected chi connectivity index (χ2v) is 5.10. The van der Waals surface area contributed by atoms with Gasteiger partial charge in [-0.15, -0.1) is 0 Å². The molecule has 1 atom stereocenters. The van der Waals surface area contributed by atoms with E-state index in [-0.39, 0.29) is 11.8 Å². The molecule has 1 aliphatic heterocycles. The number of benzene rings is 2. The molecule has 0 fully saturated rings. The van der Waals surface area contributed by atoms with Crippen LogP contribution in [0, 0.1) is 6.92 Å². The third-order valence-corrected chi connectivity index (χ3v) is 3.89. The van der Waals surface area contributed by atoms with Gasteiger partial charge in [0.05, 0.1) is 5.92 Å². The van der Waals surface area contributed by atoms with E-state index in [9.17, 15) is 4.79 Å². The highest BCUT2D eigenvalue weighted by atomic mass is 16.1. The zero-order valence-corrected chi connectivity index (χ0v) is 11.0. The molecule has 96 valence electrons. The lowest BCUT2D eigenvalue weighted by atomic mass is 9.85. The van der Waals surface area contributed by atoms with Crippen LogP contribution in [0.15, 0.2) is 48.5 Å². The Morgan fingerprint density at radius 3 is 2.68 bits per heavy atom. The molecule has 0 saturated heterocycles. The summed E-state index contributed by atoms with van der Waals surface area (Å²) in [6.45, 7) is 2.75. The van der Waals surface area contributed by atoms with Crippen molar-refractivity contribution in [1.29, 1.82) is 0 Å². The van der Waals surface area contributed by atoms with E-state index in [4.69, 9.17) is 0 Å². The molecule has 3 rings (SSSR count). The van der Waals surface area contributed by atoms with Gasteiger partial charge in [-0.25, -0.2) is 0 Å². The Bertz CT molecular complexity index is 618. The summed E-state index contributed by atoms with van der Waals surface area (Å²) < 4.78 is 0. The second kappa shape index (κ2) is 4.88. The van der Waals surface area contributed by atoms with Gasteiger partial charge in [0.25, 0.3) is 0 Å². The average molecular weight is 251 g/mol. The molecule has 1 heterocycles. The number of nitrogens with one attached hydrogen (secondary N) is 1. The van der Waals surface area contributed by atoms with E-state index in [1.54, 1.807) is 0 Å². The van der Waals surface area contributed by atoms with Gasteiger partial charge in [0.2, 0.25) is 5.91 Å². The van der Waals surface area contributed by atoms with E-state index in [0.29, 0.717) is 6.54 Å².